The number of thioether (sulfide) groups is 1. The van der Waals surface area contributed by atoms with Crippen molar-refractivity contribution in [2.24, 2.45) is 0 Å². The highest BCUT2D eigenvalue weighted by Crippen LogP contribution is 2.23. The number of aromatic amines is 1. The molecule has 2 aromatic heterocycles. The van der Waals surface area contributed by atoms with E-state index in [-0.39, 0.29) is 17.1 Å². The molecule has 2 N–H and O–H groups in total. The summed E-state index contributed by atoms with van der Waals surface area (Å²) in [5.41, 5.74) is 2.24. The first-order valence-corrected chi connectivity index (χ1v) is 12.3. The van der Waals surface area contributed by atoms with Gasteiger partial charge in [0.15, 0.2) is 10.9 Å². The van der Waals surface area contributed by atoms with Gasteiger partial charge in [0.2, 0.25) is 0 Å². The predicted molar refractivity (Wildman–Crippen MR) is 130 cm³/mol. The largest absolute Gasteiger partial charge is 0.370 e. The number of nitrogens with zero attached hydrogens (tertiary/aromatic N) is 2. The van der Waals surface area contributed by atoms with Crippen molar-refractivity contribution in [3.05, 3.63) is 70.6 Å². The molecule has 0 spiro atoms. The van der Waals surface area contributed by atoms with Crippen molar-refractivity contribution in [1.82, 2.24) is 14.5 Å². The lowest BCUT2D eigenvalue weighted by Gasteiger charge is -2.24. The van der Waals surface area contributed by atoms with Crippen LogP contribution in [0.3, 0.4) is 0 Å². The number of hydrogen-bond donors (Lipinski definition) is 2. The number of para-hydroxylation sites is 2. The van der Waals surface area contributed by atoms with Gasteiger partial charge in [-0.2, -0.15) is 0 Å². The van der Waals surface area contributed by atoms with Crippen LogP contribution in [0.15, 0.2) is 64.7 Å². The van der Waals surface area contributed by atoms with Crippen molar-refractivity contribution in [3.63, 3.8) is 0 Å². The van der Waals surface area contributed by atoms with Crippen molar-refractivity contribution >= 4 is 39.4 Å². The molecule has 8 heteroatoms. The maximum Gasteiger partial charge on any atom is 0.262 e. The second kappa shape index (κ2) is 9.91. The minimum absolute atomic E-state index is 0.0177. The summed E-state index contributed by atoms with van der Waals surface area (Å²) in [4.78, 5) is 35.7. The molecule has 0 aliphatic carbocycles. The first-order chi connectivity index (χ1) is 16.2. The van der Waals surface area contributed by atoms with Crippen LogP contribution in [0.1, 0.15) is 16.8 Å². The van der Waals surface area contributed by atoms with Gasteiger partial charge in [-0.3, -0.25) is 14.2 Å². The van der Waals surface area contributed by atoms with Crippen LogP contribution in [0.5, 0.6) is 0 Å². The molecule has 170 valence electrons. The molecule has 4 aromatic rings. The van der Waals surface area contributed by atoms with Crippen LogP contribution in [-0.4, -0.2) is 58.9 Å². The molecule has 1 aliphatic heterocycles. The van der Waals surface area contributed by atoms with Gasteiger partial charge in [-0.15, -0.1) is 0 Å². The molecule has 3 heterocycles. The monoisotopic (exact) mass is 463 g/mol. The standard InChI is InChI=1S/C25H26N4O3S/c30-23(20-16-26-21-8-3-1-6-18(20)21)17-33-25-27-22-9-4-2-7-19(22)24(31)29(25)11-5-10-28-12-14-32-15-13-28/h1-4,6-9,16,26H,5,10-15,17H2/p+1. The Labute approximate surface area is 195 Å². The van der Waals surface area contributed by atoms with E-state index in [1.165, 1.54) is 16.7 Å². The summed E-state index contributed by atoms with van der Waals surface area (Å²) in [5.74, 6) is 0.241. The maximum atomic E-state index is 13.3. The second-order valence-corrected chi connectivity index (χ2v) is 9.24. The zero-order chi connectivity index (χ0) is 22.6. The van der Waals surface area contributed by atoms with E-state index < -0.39 is 0 Å². The number of carbonyl (C=O) groups is 1. The average Bonchev–Trinajstić information content (AvgIpc) is 3.29. The molecule has 33 heavy (non-hydrogen) atoms. The van der Waals surface area contributed by atoms with Crippen LogP contribution in [-0.2, 0) is 11.3 Å². The van der Waals surface area contributed by atoms with Gasteiger partial charge in [0.1, 0.15) is 13.1 Å². The quantitative estimate of drug-likeness (QED) is 0.238. The van der Waals surface area contributed by atoms with Crippen LogP contribution in [0.4, 0.5) is 0 Å². The van der Waals surface area contributed by atoms with Crippen LogP contribution in [0, 0.1) is 0 Å². The number of benzene rings is 2. The van der Waals surface area contributed by atoms with Crippen molar-refractivity contribution < 1.29 is 14.4 Å². The van der Waals surface area contributed by atoms with E-state index in [4.69, 9.17) is 9.72 Å². The number of rotatable bonds is 8. The number of carbonyl (C=O) groups excluding carboxylic acids is 1. The smallest absolute Gasteiger partial charge is 0.262 e. The predicted octanol–water partition coefficient (Wildman–Crippen LogP) is 2.16. The van der Waals surface area contributed by atoms with E-state index in [1.807, 2.05) is 48.5 Å². The molecule has 0 atom stereocenters. The Balaban J connectivity index is 1.36. The molecule has 1 aliphatic rings. The fourth-order valence-corrected chi connectivity index (χ4v) is 5.27. The lowest BCUT2D eigenvalue weighted by atomic mass is 10.1. The summed E-state index contributed by atoms with van der Waals surface area (Å²) < 4.78 is 7.18. The summed E-state index contributed by atoms with van der Waals surface area (Å²) >= 11 is 1.34. The van der Waals surface area contributed by atoms with Gasteiger partial charge in [-0.05, 0) is 18.2 Å². The van der Waals surface area contributed by atoms with Crippen LogP contribution in [0.2, 0.25) is 0 Å². The number of hydrogen-bond acceptors (Lipinski definition) is 5. The zero-order valence-corrected chi connectivity index (χ0v) is 19.2. The first kappa shape index (κ1) is 21.9. The van der Waals surface area contributed by atoms with Gasteiger partial charge in [-0.1, -0.05) is 42.1 Å². The topological polar surface area (TPSA) is 81.4 Å². The van der Waals surface area contributed by atoms with Crippen LogP contribution in [0.25, 0.3) is 21.8 Å². The molecule has 7 nitrogen and oxygen atoms in total. The lowest BCUT2D eigenvalue weighted by molar-refractivity contribution is -0.908. The number of quaternary nitrogens is 1. The highest BCUT2D eigenvalue weighted by molar-refractivity contribution is 7.99. The van der Waals surface area contributed by atoms with E-state index in [0.717, 1.165) is 50.2 Å². The van der Waals surface area contributed by atoms with Crippen molar-refractivity contribution in [2.45, 2.75) is 18.1 Å². The number of ketones is 1. The fourth-order valence-electron chi connectivity index (χ4n) is 4.36. The van der Waals surface area contributed by atoms with E-state index in [9.17, 15) is 9.59 Å². The van der Waals surface area contributed by atoms with E-state index >= 15 is 0 Å². The number of ether oxygens (including phenoxy) is 1. The molecular formula is C25H27N4O3S+. The zero-order valence-electron chi connectivity index (χ0n) is 18.4. The second-order valence-electron chi connectivity index (χ2n) is 8.29. The Morgan fingerprint density at radius 1 is 1.09 bits per heavy atom. The average molecular weight is 464 g/mol. The fraction of sp³-hybridized carbons (Fsp3) is 0.320. The SMILES string of the molecule is O=C(CSc1nc2ccccc2c(=O)n1CCC[NH+]1CCOCC1)c1c[nH]c2ccccc12. The van der Waals surface area contributed by atoms with Crippen LogP contribution < -0.4 is 10.5 Å². The summed E-state index contributed by atoms with van der Waals surface area (Å²) in [6, 6.07) is 15.2. The van der Waals surface area contributed by atoms with Gasteiger partial charge in [0.05, 0.1) is 36.4 Å². The van der Waals surface area contributed by atoms with Gasteiger partial charge < -0.3 is 14.6 Å². The Kier molecular flexibility index (Phi) is 6.57. The number of H-pyrrole nitrogens is 1. The molecule has 0 bridgehead atoms. The Hall–Kier alpha value is -2.94. The molecule has 1 fully saturated rings. The van der Waals surface area contributed by atoms with Gasteiger partial charge in [-0.25, -0.2) is 4.98 Å². The molecule has 0 saturated carbocycles. The first-order valence-electron chi connectivity index (χ1n) is 11.3. The lowest BCUT2D eigenvalue weighted by Crippen LogP contribution is -3.14. The number of fused-ring (bicyclic) bond motifs is 2. The van der Waals surface area contributed by atoms with Crippen molar-refractivity contribution in [1.29, 1.82) is 0 Å². The third-order valence-electron chi connectivity index (χ3n) is 6.16. The third-order valence-corrected chi connectivity index (χ3v) is 7.14. The molecular weight excluding hydrogens is 436 g/mol. The summed E-state index contributed by atoms with van der Waals surface area (Å²) in [5, 5.41) is 2.13. The summed E-state index contributed by atoms with van der Waals surface area (Å²) in [6.45, 7) is 5.18. The number of aromatic nitrogens is 3. The van der Waals surface area contributed by atoms with E-state index in [1.54, 1.807) is 10.8 Å². The Morgan fingerprint density at radius 2 is 1.85 bits per heavy atom. The van der Waals surface area contributed by atoms with Crippen LogP contribution >= 0.6 is 11.8 Å². The summed E-state index contributed by atoms with van der Waals surface area (Å²) in [7, 11) is 0. The minimum atomic E-state index is -0.0420. The van der Waals surface area contributed by atoms with Crippen molar-refractivity contribution in [2.75, 3.05) is 38.6 Å². The Bertz CT molecular complexity index is 1340. The molecule has 0 amide bonds. The highest BCUT2D eigenvalue weighted by atomic mass is 32.2. The van der Waals surface area contributed by atoms with Crippen molar-refractivity contribution in [3.8, 4) is 0 Å². The molecule has 2 aromatic carbocycles. The number of Topliss-reactive ketones (excluding diaryl/α,β-unsaturated/α-hetero) is 1. The number of morpholine rings is 1. The Morgan fingerprint density at radius 3 is 2.70 bits per heavy atom. The number of nitrogens with one attached hydrogen (secondary N) is 2. The molecule has 1 saturated heterocycles. The molecule has 5 rings (SSSR count). The van der Waals surface area contributed by atoms with Gasteiger partial charge >= 0.3 is 0 Å². The van der Waals surface area contributed by atoms with Gasteiger partial charge in [0, 0.05) is 35.6 Å². The highest BCUT2D eigenvalue weighted by Gasteiger charge is 2.18. The molecule has 0 unspecified atom stereocenters. The maximum absolute atomic E-state index is 13.3. The van der Waals surface area contributed by atoms with Gasteiger partial charge in [0.25, 0.3) is 5.56 Å². The molecule has 0 radical (unpaired) electrons. The minimum Gasteiger partial charge on any atom is -0.370 e. The van der Waals surface area contributed by atoms with E-state index in [2.05, 4.69) is 4.98 Å². The van der Waals surface area contributed by atoms with E-state index in [0.29, 0.717) is 28.2 Å². The summed E-state index contributed by atoms with van der Waals surface area (Å²) in [6.07, 6.45) is 2.64. The normalized spacial score (nSPS) is 14.8. The third kappa shape index (κ3) is 4.73.